The molecular weight excluding hydrogens is 556 g/mol. The van der Waals surface area contributed by atoms with Crippen molar-refractivity contribution >= 4 is 39.0 Å². The Morgan fingerprint density at radius 1 is 1.21 bits per heavy atom. The van der Waals surface area contributed by atoms with Gasteiger partial charge in [0.25, 0.3) is 0 Å². The summed E-state index contributed by atoms with van der Waals surface area (Å²) in [7, 11) is 0. The number of carbonyl (C=O) groups is 1. The SMILES string of the molecule is C=C/C(=C\C=C/C)CC.C=C1CN=C(c2ccc(NC(=O)NCCOCC)cc2)c2cc(O)ccc2N1.CBr. The van der Waals surface area contributed by atoms with Crippen LogP contribution in [0.4, 0.5) is 16.2 Å². The van der Waals surface area contributed by atoms with Crippen LogP contribution in [-0.4, -0.2) is 49.0 Å². The first-order chi connectivity index (χ1) is 18.9. The van der Waals surface area contributed by atoms with E-state index in [4.69, 9.17) is 4.74 Å². The number of allylic oxidation sites excluding steroid dienone is 5. The van der Waals surface area contributed by atoms with Gasteiger partial charge in [0.15, 0.2) is 0 Å². The Kier molecular flexibility index (Phi) is 16.7. The number of alkyl halides is 1. The van der Waals surface area contributed by atoms with E-state index in [0.717, 1.165) is 34.6 Å². The largest absolute Gasteiger partial charge is 0.508 e. The molecule has 7 nitrogen and oxygen atoms in total. The zero-order valence-electron chi connectivity index (χ0n) is 23.4. The van der Waals surface area contributed by atoms with Gasteiger partial charge in [0.1, 0.15) is 5.75 Å². The van der Waals surface area contributed by atoms with Crippen molar-refractivity contribution in [3.05, 3.63) is 102 Å². The van der Waals surface area contributed by atoms with Crippen LogP contribution in [0.25, 0.3) is 0 Å². The molecule has 0 fully saturated rings. The standard InChI is InChI=1S/C21H24N4O3.C9H14.CH3Br/c1-3-28-11-10-22-21(27)25-16-6-4-15(5-7-16)20-18-12-17(26)8-9-19(18)24-14(2)13-23-20;1-4-7-8-9(5-2)6-3;1-2/h4-9,12,24,26H,2-3,10-11,13H2,1H3,(H2,22,25,27);4-5,7-8H,2,6H2,1,3H3;1H3/b;7-4-,9-8+;. The molecule has 1 aliphatic heterocycles. The highest BCUT2D eigenvalue weighted by molar-refractivity contribution is 9.08. The normalized spacial score (nSPS) is 12.4. The smallest absolute Gasteiger partial charge is 0.319 e. The monoisotopic (exact) mass is 596 g/mol. The van der Waals surface area contributed by atoms with Gasteiger partial charge in [-0.3, -0.25) is 4.99 Å². The van der Waals surface area contributed by atoms with Crippen molar-refractivity contribution in [2.45, 2.75) is 27.2 Å². The molecule has 2 amide bonds. The zero-order valence-corrected chi connectivity index (χ0v) is 25.0. The van der Waals surface area contributed by atoms with Crippen molar-refractivity contribution in [1.29, 1.82) is 0 Å². The maximum atomic E-state index is 11.9. The highest BCUT2D eigenvalue weighted by Gasteiger charge is 2.16. The second-order valence-electron chi connectivity index (χ2n) is 8.10. The summed E-state index contributed by atoms with van der Waals surface area (Å²) in [6.45, 7) is 15.7. The number of nitrogens with one attached hydrogen (secondary N) is 3. The van der Waals surface area contributed by atoms with Crippen molar-refractivity contribution in [3.63, 3.8) is 0 Å². The van der Waals surface area contributed by atoms with Gasteiger partial charge in [0.05, 0.1) is 18.9 Å². The van der Waals surface area contributed by atoms with Crippen LogP contribution in [0, 0.1) is 0 Å². The van der Waals surface area contributed by atoms with Crippen molar-refractivity contribution in [2.75, 3.05) is 42.8 Å². The predicted molar refractivity (Wildman–Crippen MR) is 170 cm³/mol. The Hall–Kier alpha value is -3.62. The number of urea groups is 1. The molecule has 2 aromatic carbocycles. The zero-order chi connectivity index (χ0) is 29.0. The van der Waals surface area contributed by atoms with Gasteiger partial charge in [-0.1, -0.05) is 72.4 Å². The number of fused-ring (bicyclic) bond motifs is 1. The second-order valence-corrected chi connectivity index (χ2v) is 8.10. The number of phenolic OH excluding ortho intramolecular Hbond substituents is 1. The summed E-state index contributed by atoms with van der Waals surface area (Å²) in [5, 5.41) is 18.6. The van der Waals surface area contributed by atoms with Gasteiger partial charge in [-0.05, 0) is 62.0 Å². The number of halogens is 1. The lowest BCUT2D eigenvalue weighted by molar-refractivity contribution is 0.150. The van der Waals surface area contributed by atoms with Crippen LogP contribution in [0.5, 0.6) is 5.75 Å². The molecule has 0 aliphatic carbocycles. The molecule has 0 bridgehead atoms. The van der Waals surface area contributed by atoms with Crippen LogP contribution >= 0.6 is 15.9 Å². The van der Waals surface area contributed by atoms with Crippen molar-refractivity contribution in [1.82, 2.24) is 5.32 Å². The number of aromatic hydroxyl groups is 1. The fourth-order valence-electron chi connectivity index (χ4n) is 3.39. The number of hydrogen-bond acceptors (Lipinski definition) is 5. The summed E-state index contributed by atoms with van der Waals surface area (Å²) in [5.41, 5.74) is 6.01. The van der Waals surface area contributed by atoms with Crippen LogP contribution in [0.1, 0.15) is 38.3 Å². The maximum absolute atomic E-state index is 11.9. The number of nitrogens with zero attached hydrogens (tertiary/aromatic N) is 1. The third-order valence-electron chi connectivity index (χ3n) is 5.32. The number of rotatable bonds is 9. The van der Waals surface area contributed by atoms with Crippen molar-refractivity contribution in [3.8, 4) is 5.75 Å². The number of phenols is 1. The van der Waals surface area contributed by atoms with Crippen LogP contribution in [0.15, 0.2) is 96.2 Å². The summed E-state index contributed by atoms with van der Waals surface area (Å²) in [4.78, 5) is 16.5. The van der Waals surface area contributed by atoms with E-state index in [-0.39, 0.29) is 11.8 Å². The molecule has 0 aromatic heterocycles. The van der Waals surface area contributed by atoms with Crippen LogP contribution in [-0.2, 0) is 4.74 Å². The Bertz CT molecular complexity index is 1150. The average Bonchev–Trinajstić information content (AvgIpc) is 3.11. The summed E-state index contributed by atoms with van der Waals surface area (Å²) in [6, 6.07) is 12.2. The molecule has 4 N–H and O–H groups in total. The van der Waals surface area contributed by atoms with E-state index in [2.05, 4.69) is 63.0 Å². The minimum Gasteiger partial charge on any atom is -0.508 e. The number of amides is 2. The molecule has 0 radical (unpaired) electrons. The molecule has 0 saturated carbocycles. The molecule has 0 atom stereocenters. The van der Waals surface area contributed by atoms with Gasteiger partial charge in [-0.15, -0.1) is 0 Å². The molecule has 0 saturated heterocycles. The quantitative estimate of drug-likeness (QED) is 0.105. The van der Waals surface area contributed by atoms with E-state index in [9.17, 15) is 9.90 Å². The van der Waals surface area contributed by atoms with E-state index in [1.165, 1.54) is 5.57 Å². The Morgan fingerprint density at radius 3 is 2.54 bits per heavy atom. The fourth-order valence-corrected chi connectivity index (χ4v) is 3.39. The number of benzene rings is 2. The van der Waals surface area contributed by atoms with Gasteiger partial charge < -0.3 is 25.8 Å². The molecule has 0 unspecified atom stereocenters. The van der Waals surface area contributed by atoms with E-state index < -0.39 is 0 Å². The highest BCUT2D eigenvalue weighted by Crippen LogP contribution is 2.28. The molecular formula is C31H41BrN4O3. The molecule has 8 heteroatoms. The van der Waals surface area contributed by atoms with E-state index in [0.29, 0.717) is 32.0 Å². The third-order valence-corrected chi connectivity index (χ3v) is 5.32. The van der Waals surface area contributed by atoms with Gasteiger partial charge in [-0.2, -0.15) is 0 Å². The maximum Gasteiger partial charge on any atom is 0.319 e. The van der Waals surface area contributed by atoms with Gasteiger partial charge in [0.2, 0.25) is 0 Å². The summed E-state index contributed by atoms with van der Waals surface area (Å²) < 4.78 is 5.19. The fraction of sp³-hybridized carbons (Fsp3) is 0.290. The molecule has 2 aromatic rings. The van der Waals surface area contributed by atoms with Crippen LogP contribution in [0.3, 0.4) is 0 Å². The number of anilines is 2. The number of carbonyl (C=O) groups excluding carboxylic acids is 1. The lowest BCUT2D eigenvalue weighted by Gasteiger charge is -2.12. The lowest BCUT2D eigenvalue weighted by atomic mass is 10.00. The van der Waals surface area contributed by atoms with Gasteiger partial charge in [0, 0.05) is 41.4 Å². The Balaban J connectivity index is 0.000000589. The third kappa shape index (κ3) is 12.2. The first-order valence-corrected chi connectivity index (χ1v) is 14.4. The number of aliphatic imine (C=N–C) groups is 1. The van der Waals surface area contributed by atoms with Gasteiger partial charge in [-0.25, -0.2) is 4.79 Å². The Labute approximate surface area is 241 Å². The summed E-state index contributed by atoms with van der Waals surface area (Å²) >= 11 is 2.94. The van der Waals surface area contributed by atoms with Gasteiger partial charge >= 0.3 is 6.03 Å². The molecule has 1 aliphatic rings. The van der Waals surface area contributed by atoms with E-state index in [1.54, 1.807) is 18.2 Å². The van der Waals surface area contributed by atoms with Crippen LogP contribution < -0.4 is 16.0 Å². The highest BCUT2D eigenvalue weighted by atomic mass is 79.9. The molecule has 0 spiro atoms. The first kappa shape index (κ1) is 33.4. The van der Waals surface area contributed by atoms with E-state index in [1.807, 2.05) is 62.2 Å². The van der Waals surface area contributed by atoms with E-state index >= 15 is 0 Å². The summed E-state index contributed by atoms with van der Waals surface area (Å²) in [6.07, 6.45) is 9.07. The Morgan fingerprint density at radius 2 is 1.92 bits per heavy atom. The minimum absolute atomic E-state index is 0.169. The second kappa shape index (κ2) is 19.4. The van der Waals surface area contributed by atoms with Crippen LogP contribution in [0.2, 0.25) is 0 Å². The van der Waals surface area contributed by atoms with Crippen molar-refractivity contribution in [2.24, 2.45) is 4.99 Å². The average molecular weight is 598 g/mol. The minimum atomic E-state index is -0.282. The molecule has 1 heterocycles. The number of hydrogen-bond donors (Lipinski definition) is 4. The molecule has 210 valence electrons. The molecule has 39 heavy (non-hydrogen) atoms. The molecule has 3 rings (SSSR count). The summed E-state index contributed by atoms with van der Waals surface area (Å²) in [5.74, 6) is 1.98. The first-order valence-electron chi connectivity index (χ1n) is 12.8. The van der Waals surface area contributed by atoms with Crippen molar-refractivity contribution < 1.29 is 14.6 Å². The predicted octanol–water partition coefficient (Wildman–Crippen LogP) is 7.42. The topological polar surface area (TPSA) is 95.0 Å². The number of ether oxygens (including phenoxy) is 1. The lowest BCUT2D eigenvalue weighted by Crippen LogP contribution is -2.31. The number of benzodiazepines with no additional fused rings is 1.